The van der Waals surface area contributed by atoms with E-state index in [1.165, 1.54) is 13.2 Å². The minimum atomic E-state index is -1.04. The van der Waals surface area contributed by atoms with Crippen molar-refractivity contribution in [3.8, 4) is 5.75 Å². The molecule has 0 fully saturated rings. The van der Waals surface area contributed by atoms with E-state index in [2.05, 4.69) is 10.2 Å². The maximum absolute atomic E-state index is 11.4. The number of carboxylic acids is 1. The first-order valence-corrected chi connectivity index (χ1v) is 7.68. The molecule has 0 saturated heterocycles. The molecule has 1 aromatic heterocycles. The molecule has 0 amide bonds. The van der Waals surface area contributed by atoms with Gasteiger partial charge in [-0.3, -0.25) is 5.10 Å². The molecule has 2 aromatic carbocycles. The number of benzene rings is 2. The molecular weight excluding hydrogens is 320 g/mol. The fraction of sp³-hybridized carbons (Fsp3) is 0.158. The van der Waals surface area contributed by atoms with Crippen molar-refractivity contribution in [3.05, 3.63) is 58.8 Å². The van der Waals surface area contributed by atoms with Gasteiger partial charge in [0.25, 0.3) is 0 Å². The fourth-order valence-corrected chi connectivity index (χ4v) is 2.67. The molecule has 3 aromatic rings. The summed E-state index contributed by atoms with van der Waals surface area (Å²) in [7, 11) is 3.12. The highest BCUT2D eigenvalue weighted by Crippen LogP contribution is 2.32. The minimum Gasteiger partial charge on any atom is -0.495 e. The van der Waals surface area contributed by atoms with Crippen molar-refractivity contribution in [2.45, 2.75) is 6.61 Å². The average molecular weight is 338 g/mol. The molecule has 1 heterocycles. The van der Waals surface area contributed by atoms with Crippen LogP contribution in [0.3, 0.4) is 0 Å². The lowest BCUT2D eigenvalue weighted by Gasteiger charge is -2.06. The van der Waals surface area contributed by atoms with Crippen LogP contribution in [-0.2, 0) is 11.3 Å². The zero-order valence-electron chi connectivity index (χ0n) is 13.9. The molecule has 25 heavy (non-hydrogen) atoms. The fourth-order valence-electron chi connectivity index (χ4n) is 2.67. The predicted octanol–water partition coefficient (Wildman–Crippen LogP) is 3.59. The number of rotatable bonds is 6. The number of aromatic carboxylic acids is 1. The van der Waals surface area contributed by atoms with Crippen LogP contribution in [0, 0.1) is 0 Å². The van der Waals surface area contributed by atoms with Crippen LogP contribution in [0.4, 0.5) is 0 Å². The second-order valence-electron chi connectivity index (χ2n) is 5.49. The lowest BCUT2D eigenvalue weighted by Crippen LogP contribution is -2.00. The number of nitrogens with zero attached hydrogens (tertiary/aromatic N) is 1. The van der Waals surface area contributed by atoms with Crippen molar-refractivity contribution in [2.75, 3.05) is 14.2 Å². The van der Waals surface area contributed by atoms with Crippen LogP contribution in [-0.4, -0.2) is 35.5 Å². The third-order valence-electron chi connectivity index (χ3n) is 3.87. The largest absolute Gasteiger partial charge is 0.495 e. The Bertz CT molecular complexity index is 926. The van der Waals surface area contributed by atoms with E-state index in [0.717, 1.165) is 11.1 Å². The first kappa shape index (κ1) is 16.7. The SMILES string of the molecule is COCc1ccc(C=Cc2[nH]nc3ccc(C(=O)O)c(OC)c23)cc1. The molecule has 6 heteroatoms. The van der Waals surface area contributed by atoms with Crippen LogP contribution in [0.1, 0.15) is 27.2 Å². The van der Waals surface area contributed by atoms with Crippen molar-refractivity contribution < 1.29 is 19.4 Å². The minimum absolute atomic E-state index is 0.106. The molecule has 128 valence electrons. The molecule has 0 atom stereocenters. The monoisotopic (exact) mass is 338 g/mol. The Morgan fingerprint density at radius 1 is 1.16 bits per heavy atom. The Balaban J connectivity index is 1.98. The summed E-state index contributed by atoms with van der Waals surface area (Å²) in [5.74, 6) is -0.738. The lowest BCUT2D eigenvalue weighted by atomic mass is 10.1. The zero-order valence-corrected chi connectivity index (χ0v) is 13.9. The van der Waals surface area contributed by atoms with E-state index >= 15 is 0 Å². The van der Waals surface area contributed by atoms with Crippen LogP contribution in [0.2, 0.25) is 0 Å². The Hall–Kier alpha value is -3.12. The van der Waals surface area contributed by atoms with Gasteiger partial charge in [-0.2, -0.15) is 5.10 Å². The van der Waals surface area contributed by atoms with Gasteiger partial charge in [-0.1, -0.05) is 30.3 Å². The number of hydrogen-bond acceptors (Lipinski definition) is 4. The smallest absolute Gasteiger partial charge is 0.339 e. The third kappa shape index (κ3) is 3.39. The number of carboxylic acid groups (broad SMARTS) is 1. The number of fused-ring (bicyclic) bond motifs is 1. The summed E-state index contributed by atoms with van der Waals surface area (Å²) >= 11 is 0. The number of hydrogen-bond donors (Lipinski definition) is 2. The van der Waals surface area contributed by atoms with Crippen molar-refractivity contribution in [3.63, 3.8) is 0 Å². The molecule has 2 N–H and O–H groups in total. The van der Waals surface area contributed by atoms with Crippen molar-refractivity contribution in [2.24, 2.45) is 0 Å². The number of ether oxygens (including phenoxy) is 2. The normalized spacial score (nSPS) is 11.3. The van der Waals surface area contributed by atoms with E-state index in [1.54, 1.807) is 13.2 Å². The van der Waals surface area contributed by atoms with Crippen LogP contribution < -0.4 is 4.74 Å². The van der Waals surface area contributed by atoms with E-state index in [1.807, 2.05) is 36.4 Å². The van der Waals surface area contributed by atoms with Crippen molar-refractivity contribution in [1.82, 2.24) is 10.2 Å². The Morgan fingerprint density at radius 2 is 1.92 bits per heavy atom. The van der Waals surface area contributed by atoms with Gasteiger partial charge in [0.1, 0.15) is 11.3 Å². The zero-order chi connectivity index (χ0) is 17.8. The summed E-state index contributed by atoms with van der Waals surface area (Å²) < 4.78 is 10.4. The number of methoxy groups -OCH3 is 2. The molecule has 0 aliphatic rings. The summed E-state index contributed by atoms with van der Waals surface area (Å²) in [4.78, 5) is 11.4. The number of nitrogens with one attached hydrogen (secondary N) is 1. The topological polar surface area (TPSA) is 84.4 Å². The quantitative estimate of drug-likeness (QED) is 0.717. The van der Waals surface area contributed by atoms with Crippen molar-refractivity contribution in [1.29, 1.82) is 0 Å². The third-order valence-corrected chi connectivity index (χ3v) is 3.87. The number of aromatic nitrogens is 2. The summed E-state index contributed by atoms with van der Waals surface area (Å²) in [5, 5.41) is 17.1. The van der Waals surface area contributed by atoms with Gasteiger partial charge < -0.3 is 14.6 Å². The van der Waals surface area contributed by atoms with E-state index in [0.29, 0.717) is 29.0 Å². The molecular formula is C19H18N2O4. The molecule has 0 aliphatic heterocycles. The molecule has 6 nitrogen and oxygen atoms in total. The first-order chi connectivity index (χ1) is 12.1. The van der Waals surface area contributed by atoms with E-state index in [4.69, 9.17) is 9.47 Å². The second kappa shape index (κ2) is 7.19. The highest BCUT2D eigenvalue weighted by molar-refractivity contribution is 6.02. The van der Waals surface area contributed by atoms with E-state index in [-0.39, 0.29) is 5.56 Å². The highest BCUT2D eigenvalue weighted by atomic mass is 16.5. The molecule has 0 spiro atoms. The van der Waals surface area contributed by atoms with Crippen molar-refractivity contribution >= 4 is 29.0 Å². The number of aromatic amines is 1. The Morgan fingerprint density at radius 3 is 2.56 bits per heavy atom. The second-order valence-corrected chi connectivity index (χ2v) is 5.49. The number of carbonyl (C=O) groups is 1. The van der Waals surface area contributed by atoms with Gasteiger partial charge in [0.2, 0.25) is 0 Å². The van der Waals surface area contributed by atoms with E-state index < -0.39 is 5.97 Å². The van der Waals surface area contributed by atoms with Gasteiger partial charge >= 0.3 is 5.97 Å². The Labute approximate surface area is 144 Å². The molecule has 0 aliphatic carbocycles. The molecule has 0 unspecified atom stereocenters. The summed E-state index contributed by atoms with van der Waals surface area (Å²) in [6.45, 7) is 0.574. The maximum atomic E-state index is 11.4. The molecule has 0 bridgehead atoms. The Kier molecular flexibility index (Phi) is 4.81. The summed E-state index contributed by atoms with van der Waals surface area (Å²) in [6, 6.07) is 11.1. The van der Waals surface area contributed by atoms with Crippen LogP contribution in [0.25, 0.3) is 23.1 Å². The molecule has 3 rings (SSSR count). The van der Waals surface area contributed by atoms with Gasteiger partial charge in [0.15, 0.2) is 0 Å². The highest BCUT2D eigenvalue weighted by Gasteiger charge is 2.17. The average Bonchev–Trinajstić information content (AvgIpc) is 3.03. The van der Waals surface area contributed by atoms with Gasteiger partial charge in [-0.05, 0) is 29.3 Å². The first-order valence-electron chi connectivity index (χ1n) is 7.68. The van der Waals surface area contributed by atoms with Gasteiger partial charge in [-0.15, -0.1) is 0 Å². The van der Waals surface area contributed by atoms with Gasteiger partial charge in [0, 0.05) is 7.11 Å². The van der Waals surface area contributed by atoms with Gasteiger partial charge in [-0.25, -0.2) is 4.79 Å². The lowest BCUT2D eigenvalue weighted by molar-refractivity contribution is 0.0693. The van der Waals surface area contributed by atoms with Crippen LogP contribution >= 0.6 is 0 Å². The van der Waals surface area contributed by atoms with E-state index in [9.17, 15) is 9.90 Å². The molecule has 0 saturated carbocycles. The standard InChI is InChI=1S/C19H18N2O4/c1-24-11-13-5-3-12(4-6-13)7-9-15-17-16(21-20-15)10-8-14(19(22)23)18(17)25-2/h3-10H,11H2,1-2H3,(H,20,21)(H,22,23). The van der Waals surface area contributed by atoms with Gasteiger partial charge in [0.05, 0.1) is 30.3 Å². The molecule has 0 radical (unpaired) electrons. The summed E-state index contributed by atoms with van der Waals surface area (Å²) in [6.07, 6.45) is 3.78. The van der Waals surface area contributed by atoms with Crippen LogP contribution in [0.15, 0.2) is 36.4 Å². The predicted molar refractivity (Wildman–Crippen MR) is 95.7 cm³/mol. The summed E-state index contributed by atoms with van der Waals surface area (Å²) in [5.41, 5.74) is 3.55. The maximum Gasteiger partial charge on any atom is 0.339 e. The van der Waals surface area contributed by atoms with Crippen LogP contribution in [0.5, 0.6) is 5.75 Å². The number of H-pyrrole nitrogens is 1.